The number of carboxylic acids is 1. The van der Waals surface area contributed by atoms with Crippen LogP contribution in [0.15, 0.2) is 12.1 Å². The van der Waals surface area contributed by atoms with Crippen molar-refractivity contribution in [3.05, 3.63) is 23.5 Å². The Morgan fingerprint density at radius 2 is 2.20 bits per heavy atom. The van der Waals surface area contributed by atoms with E-state index in [2.05, 4.69) is 0 Å². The molecule has 1 aromatic carbocycles. The van der Waals surface area contributed by atoms with Crippen molar-refractivity contribution in [2.24, 2.45) is 0 Å². The van der Waals surface area contributed by atoms with E-state index in [1.807, 2.05) is 6.92 Å². The maximum atomic E-state index is 13.4. The van der Waals surface area contributed by atoms with Gasteiger partial charge in [0.1, 0.15) is 5.82 Å². The summed E-state index contributed by atoms with van der Waals surface area (Å²) >= 11 is 0. The van der Waals surface area contributed by atoms with Gasteiger partial charge in [-0.3, -0.25) is 0 Å². The van der Waals surface area contributed by atoms with Gasteiger partial charge in [-0.15, -0.1) is 0 Å². The third-order valence-corrected chi connectivity index (χ3v) is 2.23. The van der Waals surface area contributed by atoms with Gasteiger partial charge in [0.15, 0.2) is 0 Å². The maximum Gasteiger partial charge on any atom is 0.337 e. The van der Waals surface area contributed by atoms with Crippen molar-refractivity contribution in [3.63, 3.8) is 0 Å². The minimum Gasteiger partial charge on any atom is -0.478 e. The first-order valence-electron chi connectivity index (χ1n) is 4.50. The lowest BCUT2D eigenvalue weighted by Gasteiger charge is -2.18. The van der Waals surface area contributed by atoms with Gasteiger partial charge in [0.2, 0.25) is 0 Å². The highest BCUT2D eigenvalue weighted by molar-refractivity contribution is 5.94. The zero-order valence-corrected chi connectivity index (χ0v) is 8.62. The largest absolute Gasteiger partial charge is 0.478 e. The number of nitrogens with two attached hydrogens (primary N) is 1. The number of carbonyl (C=O) groups is 1. The third kappa shape index (κ3) is 2.18. The molecule has 0 aromatic heterocycles. The van der Waals surface area contributed by atoms with Crippen molar-refractivity contribution in [2.45, 2.75) is 6.92 Å². The Kier molecular flexibility index (Phi) is 3.14. The monoisotopic (exact) mass is 212 g/mol. The fourth-order valence-electron chi connectivity index (χ4n) is 1.23. The molecule has 0 aliphatic heterocycles. The second-order valence-corrected chi connectivity index (χ2v) is 3.21. The van der Waals surface area contributed by atoms with Crippen molar-refractivity contribution in [2.75, 3.05) is 24.2 Å². The predicted molar refractivity (Wildman–Crippen MR) is 56.7 cm³/mol. The van der Waals surface area contributed by atoms with Gasteiger partial charge in [-0.25, -0.2) is 9.18 Å². The van der Waals surface area contributed by atoms with E-state index in [0.717, 1.165) is 6.07 Å². The van der Waals surface area contributed by atoms with E-state index in [1.165, 1.54) is 6.07 Å². The molecular weight excluding hydrogens is 199 g/mol. The molecule has 0 atom stereocenters. The van der Waals surface area contributed by atoms with Gasteiger partial charge < -0.3 is 15.7 Å². The molecule has 0 heterocycles. The van der Waals surface area contributed by atoms with Crippen molar-refractivity contribution < 1.29 is 14.3 Å². The average Bonchev–Trinajstić information content (AvgIpc) is 2.16. The Labute approximate surface area is 87.1 Å². The van der Waals surface area contributed by atoms with Crippen LogP contribution in [0, 0.1) is 5.82 Å². The van der Waals surface area contributed by atoms with Gasteiger partial charge in [-0.2, -0.15) is 0 Å². The van der Waals surface area contributed by atoms with Crippen molar-refractivity contribution in [1.82, 2.24) is 0 Å². The molecule has 5 heteroatoms. The molecule has 0 aliphatic carbocycles. The minimum atomic E-state index is -1.15. The van der Waals surface area contributed by atoms with Crippen molar-refractivity contribution in [1.29, 1.82) is 0 Å². The van der Waals surface area contributed by atoms with Crippen LogP contribution in [-0.4, -0.2) is 24.7 Å². The third-order valence-electron chi connectivity index (χ3n) is 2.23. The van der Waals surface area contributed by atoms with E-state index in [1.54, 1.807) is 11.9 Å². The number of rotatable bonds is 3. The second kappa shape index (κ2) is 4.16. The normalized spacial score (nSPS) is 10.1. The molecule has 0 unspecified atom stereocenters. The molecule has 0 saturated carbocycles. The fraction of sp³-hybridized carbons (Fsp3) is 0.300. The van der Waals surface area contributed by atoms with E-state index in [4.69, 9.17) is 10.8 Å². The van der Waals surface area contributed by atoms with Crippen LogP contribution in [0.25, 0.3) is 0 Å². The van der Waals surface area contributed by atoms with Crippen molar-refractivity contribution in [3.8, 4) is 0 Å². The predicted octanol–water partition coefficient (Wildman–Crippen LogP) is 1.56. The van der Waals surface area contributed by atoms with Crippen LogP contribution >= 0.6 is 0 Å². The highest BCUT2D eigenvalue weighted by Crippen LogP contribution is 2.24. The average molecular weight is 212 g/mol. The van der Waals surface area contributed by atoms with Gasteiger partial charge in [0.25, 0.3) is 0 Å². The Morgan fingerprint density at radius 1 is 1.60 bits per heavy atom. The summed E-state index contributed by atoms with van der Waals surface area (Å²) in [5.41, 5.74) is 5.49. The first-order chi connectivity index (χ1) is 6.97. The molecule has 82 valence electrons. The first-order valence-corrected chi connectivity index (χ1v) is 4.50. The van der Waals surface area contributed by atoms with Gasteiger partial charge in [0.05, 0.1) is 11.3 Å². The molecule has 0 bridgehead atoms. The SMILES string of the molecule is CCN(C)c1cc(C(=O)O)c(N)cc1F. The van der Waals surface area contributed by atoms with Gasteiger partial charge in [-0.05, 0) is 19.1 Å². The molecule has 1 aromatic rings. The highest BCUT2D eigenvalue weighted by Gasteiger charge is 2.14. The molecule has 0 aliphatic rings. The summed E-state index contributed by atoms with van der Waals surface area (Å²) < 4.78 is 13.4. The van der Waals surface area contributed by atoms with E-state index in [0.29, 0.717) is 6.54 Å². The van der Waals surface area contributed by atoms with Crippen LogP contribution in [-0.2, 0) is 0 Å². The summed E-state index contributed by atoms with van der Waals surface area (Å²) in [6, 6.07) is 2.28. The van der Waals surface area contributed by atoms with E-state index < -0.39 is 11.8 Å². The standard InChI is InChI=1S/C10H13FN2O2/c1-3-13(2)9-4-6(10(14)15)8(12)5-7(9)11/h4-5H,3,12H2,1-2H3,(H,14,15). The zero-order valence-electron chi connectivity index (χ0n) is 8.62. The molecule has 15 heavy (non-hydrogen) atoms. The number of aromatic carboxylic acids is 1. The summed E-state index contributed by atoms with van der Waals surface area (Å²) in [4.78, 5) is 12.4. The molecule has 0 radical (unpaired) electrons. The lowest BCUT2D eigenvalue weighted by Crippen LogP contribution is -2.18. The van der Waals surface area contributed by atoms with Gasteiger partial charge >= 0.3 is 5.97 Å². The maximum absolute atomic E-state index is 13.4. The van der Waals surface area contributed by atoms with Gasteiger partial charge in [0, 0.05) is 19.3 Å². The first kappa shape index (κ1) is 11.3. The lowest BCUT2D eigenvalue weighted by molar-refractivity contribution is 0.0698. The summed E-state index contributed by atoms with van der Waals surface area (Å²) in [6.07, 6.45) is 0. The van der Waals surface area contributed by atoms with Crippen LogP contribution in [0.5, 0.6) is 0 Å². The summed E-state index contributed by atoms with van der Waals surface area (Å²) in [5.74, 6) is -1.67. The van der Waals surface area contributed by atoms with Crippen LogP contribution in [0.3, 0.4) is 0 Å². The number of hydrogen-bond acceptors (Lipinski definition) is 3. The molecule has 4 nitrogen and oxygen atoms in total. The molecular formula is C10H13FN2O2. The van der Waals surface area contributed by atoms with Crippen LogP contribution < -0.4 is 10.6 Å². The fourth-order valence-corrected chi connectivity index (χ4v) is 1.23. The molecule has 0 amide bonds. The number of anilines is 2. The molecule has 0 spiro atoms. The van der Waals surface area contributed by atoms with Crippen LogP contribution in [0.1, 0.15) is 17.3 Å². The summed E-state index contributed by atoms with van der Waals surface area (Å²) in [6.45, 7) is 2.43. The van der Waals surface area contributed by atoms with Crippen LogP contribution in [0.4, 0.5) is 15.8 Å². The zero-order chi connectivity index (χ0) is 11.6. The number of nitrogen functional groups attached to an aromatic ring is 1. The van der Waals surface area contributed by atoms with Crippen molar-refractivity contribution >= 4 is 17.3 Å². The number of hydrogen-bond donors (Lipinski definition) is 2. The quantitative estimate of drug-likeness (QED) is 0.746. The summed E-state index contributed by atoms with van der Waals surface area (Å²) in [7, 11) is 1.68. The number of nitrogens with zero attached hydrogens (tertiary/aromatic N) is 1. The second-order valence-electron chi connectivity index (χ2n) is 3.21. The topological polar surface area (TPSA) is 66.6 Å². The van der Waals surface area contributed by atoms with Crippen LogP contribution in [0.2, 0.25) is 0 Å². The number of halogens is 1. The molecule has 3 N–H and O–H groups in total. The Hall–Kier alpha value is -1.78. The van der Waals surface area contributed by atoms with Gasteiger partial charge in [-0.1, -0.05) is 0 Å². The molecule has 0 fully saturated rings. The minimum absolute atomic E-state index is 0.0618. The Morgan fingerprint density at radius 3 is 2.67 bits per heavy atom. The van der Waals surface area contributed by atoms with E-state index in [-0.39, 0.29) is 16.9 Å². The molecule has 0 saturated heterocycles. The number of carboxylic acid groups (broad SMARTS) is 1. The lowest BCUT2D eigenvalue weighted by atomic mass is 10.1. The van der Waals surface area contributed by atoms with E-state index >= 15 is 0 Å². The summed E-state index contributed by atoms with van der Waals surface area (Å²) in [5, 5.41) is 8.81. The smallest absolute Gasteiger partial charge is 0.337 e. The number of benzene rings is 1. The Bertz CT molecular complexity index is 393. The Balaban J connectivity index is 3.29. The van der Waals surface area contributed by atoms with E-state index in [9.17, 15) is 9.18 Å². The molecule has 1 rings (SSSR count). The highest BCUT2D eigenvalue weighted by atomic mass is 19.1.